The van der Waals surface area contributed by atoms with E-state index in [0.29, 0.717) is 21.6 Å². The van der Waals surface area contributed by atoms with Crippen molar-refractivity contribution < 1.29 is 14.3 Å². The Balaban J connectivity index is 1.71. The summed E-state index contributed by atoms with van der Waals surface area (Å²) in [6.07, 6.45) is 3.40. The van der Waals surface area contributed by atoms with E-state index in [2.05, 4.69) is 15.5 Å². The summed E-state index contributed by atoms with van der Waals surface area (Å²) in [5.74, 6) is 1.12. The number of ether oxygens (including phenoxy) is 2. The van der Waals surface area contributed by atoms with Gasteiger partial charge in [-0.1, -0.05) is 12.1 Å². The van der Waals surface area contributed by atoms with Crippen molar-refractivity contribution in [3.05, 3.63) is 58.5 Å². The Morgan fingerprint density at radius 2 is 1.83 bits per heavy atom. The monoisotopic (exact) mass is 410 g/mol. The minimum atomic E-state index is -0.192. The number of nitrogens with one attached hydrogen (secondary N) is 1. The Morgan fingerprint density at radius 3 is 2.48 bits per heavy atom. The maximum atomic E-state index is 12.2. The Bertz CT molecular complexity index is 982. The smallest absolute Gasteiger partial charge is 0.264 e. The molecular weight excluding hydrogens is 388 g/mol. The van der Waals surface area contributed by atoms with Crippen LogP contribution in [-0.2, 0) is 4.79 Å². The summed E-state index contributed by atoms with van der Waals surface area (Å²) in [7, 11) is 7.14. The number of carbonyl (C=O) groups excluding carboxylic acids is 1. The molecule has 0 atom stereocenters. The highest BCUT2D eigenvalue weighted by molar-refractivity contribution is 8.18. The van der Waals surface area contributed by atoms with Gasteiger partial charge in [-0.05, 0) is 47.7 Å². The van der Waals surface area contributed by atoms with Gasteiger partial charge in [-0.15, -0.1) is 5.10 Å². The summed E-state index contributed by atoms with van der Waals surface area (Å²) < 4.78 is 10.5. The van der Waals surface area contributed by atoms with Crippen LogP contribution in [-0.4, -0.2) is 45.6 Å². The van der Waals surface area contributed by atoms with E-state index < -0.39 is 0 Å². The molecule has 0 spiro atoms. The fraction of sp³-hybridized carbons (Fsp3) is 0.190. The Morgan fingerprint density at radius 1 is 1.07 bits per heavy atom. The van der Waals surface area contributed by atoms with Crippen molar-refractivity contribution in [1.29, 1.82) is 0 Å². The molecule has 1 aliphatic heterocycles. The number of rotatable bonds is 6. The lowest BCUT2D eigenvalue weighted by molar-refractivity contribution is -0.115. The molecule has 150 valence electrons. The highest BCUT2D eigenvalue weighted by Crippen LogP contribution is 2.27. The van der Waals surface area contributed by atoms with Gasteiger partial charge in [0.25, 0.3) is 5.91 Å². The van der Waals surface area contributed by atoms with Crippen LogP contribution in [0.1, 0.15) is 11.1 Å². The Labute approximate surface area is 174 Å². The van der Waals surface area contributed by atoms with Crippen LogP contribution in [0, 0.1) is 0 Å². The number of amides is 1. The van der Waals surface area contributed by atoms with Crippen LogP contribution in [0.2, 0.25) is 0 Å². The number of methoxy groups -OCH3 is 2. The van der Waals surface area contributed by atoms with Crippen LogP contribution in [0.4, 0.5) is 5.69 Å². The zero-order valence-electron chi connectivity index (χ0n) is 16.7. The van der Waals surface area contributed by atoms with Gasteiger partial charge in [-0.2, -0.15) is 5.10 Å². The number of amidine groups is 1. The summed E-state index contributed by atoms with van der Waals surface area (Å²) in [6, 6.07) is 13.4. The molecule has 0 saturated carbocycles. The van der Waals surface area contributed by atoms with Gasteiger partial charge in [-0.3, -0.25) is 10.1 Å². The van der Waals surface area contributed by atoms with Crippen molar-refractivity contribution in [2.24, 2.45) is 10.2 Å². The maximum absolute atomic E-state index is 12.2. The Hall–Kier alpha value is -3.26. The summed E-state index contributed by atoms with van der Waals surface area (Å²) in [5, 5.41) is 11.3. The average Bonchev–Trinajstić information content (AvgIpc) is 3.07. The molecular formula is C21H22N4O3S. The van der Waals surface area contributed by atoms with Crippen LogP contribution in [0.15, 0.2) is 57.6 Å². The van der Waals surface area contributed by atoms with E-state index in [4.69, 9.17) is 9.47 Å². The molecule has 1 heterocycles. The normalized spacial score (nSPS) is 16.5. The predicted octanol–water partition coefficient (Wildman–Crippen LogP) is 3.36. The molecule has 0 unspecified atom stereocenters. The second-order valence-electron chi connectivity index (χ2n) is 6.31. The number of benzene rings is 2. The van der Waals surface area contributed by atoms with E-state index in [1.165, 1.54) is 11.8 Å². The van der Waals surface area contributed by atoms with Gasteiger partial charge < -0.3 is 14.4 Å². The lowest BCUT2D eigenvalue weighted by atomic mass is 10.2. The molecule has 7 nitrogen and oxygen atoms in total. The lowest BCUT2D eigenvalue weighted by Gasteiger charge is -2.11. The first kappa shape index (κ1) is 20.5. The van der Waals surface area contributed by atoms with Crippen LogP contribution >= 0.6 is 11.8 Å². The van der Waals surface area contributed by atoms with Crippen molar-refractivity contribution >= 4 is 40.8 Å². The molecule has 29 heavy (non-hydrogen) atoms. The molecule has 1 amide bonds. The van der Waals surface area contributed by atoms with Gasteiger partial charge in [0, 0.05) is 31.4 Å². The summed E-state index contributed by atoms with van der Waals surface area (Å²) in [5.41, 5.74) is 2.80. The van der Waals surface area contributed by atoms with Gasteiger partial charge in [-0.25, -0.2) is 0 Å². The van der Waals surface area contributed by atoms with E-state index in [1.54, 1.807) is 26.5 Å². The summed E-state index contributed by atoms with van der Waals surface area (Å²) >= 11 is 1.25. The molecule has 8 heteroatoms. The van der Waals surface area contributed by atoms with E-state index in [-0.39, 0.29) is 5.91 Å². The van der Waals surface area contributed by atoms with Gasteiger partial charge >= 0.3 is 0 Å². The van der Waals surface area contributed by atoms with Crippen LogP contribution < -0.4 is 19.7 Å². The molecule has 1 saturated heterocycles. The number of hydrogen-bond donors (Lipinski definition) is 1. The fourth-order valence-electron chi connectivity index (χ4n) is 2.56. The lowest BCUT2D eigenvalue weighted by Crippen LogP contribution is -2.19. The van der Waals surface area contributed by atoms with E-state index in [1.807, 2.05) is 61.5 Å². The zero-order valence-corrected chi connectivity index (χ0v) is 17.5. The van der Waals surface area contributed by atoms with Crippen molar-refractivity contribution in [2.75, 3.05) is 33.2 Å². The van der Waals surface area contributed by atoms with Crippen molar-refractivity contribution in [2.45, 2.75) is 0 Å². The molecule has 1 fully saturated rings. The zero-order chi connectivity index (χ0) is 20.8. The molecule has 2 aromatic carbocycles. The second-order valence-corrected chi connectivity index (χ2v) is 7.34. The number of hydrogen-bond acceptors (Lipinski definition) is 7. The minimum Gasteiger partial charge on any atom is -0.497 e. The summed E-state index contributed by atoms with van der Waals surface area (Å²) in [4.78, 5) is 14.8. The van der Waals surface area contributed by atoms with Gasteiger partial charge in [0.15, 0.2) is 5.17 Å². The number of nitrogens with zero attached hydrogens (tertiary/aromatic N) is 3. The first-order chi connectivity index (χ1) is 14.0. The first-order valence-corrected chi connectivity index (χ1v) is 9.63. The molecule has 1 N–H and O–H groups in total. The number of carbonyl (C=O) groups is 1. The van der Waals surface area contributed by atoms with E-state index in [9.17, 15) is 4.79 Å². The second kappa shape index (κ2) is 9.29. The van der Waals surface area contributed by atoms with Crippen molar-refractivity contribution in [3.63, 3.8) is 0 Å². The molecule has 0 aromatic heterocycles. The van der Waals surface area contributed by atoms with E-state index in [0.717, 1.165) is 16.8 Å². The van der Waals surface area contributed by atoms with Crippen LogP contribution in [0.3, 0.4) is 0 Å². The quantitative estimate of drug-likeness (QED) is 0.449. The summed E-state index contributed by atoms with van der Waals surface area (Å²) in [6.45, 7) is 0. The van der Waals surface area contributed by atoms with Gasteiger partial charge in [0.05, 0.1) is 25.3 Å². The average molecular weight is 410 g/mol. The third kappa shape index (κ3) is 5.17. The largest absolute Gasteiger partial charge is 0.497 e. The van der Waals surface area contributed by atoms with Gasteiger partial charge in [0.1, 0.15) is 11.5 Å². The third-order valence-corrected chi connectivity index (χ3v) is 5.04. The number of thioether (sulfide) groups is 1. The van der Waals surface area contributed by atoms with Crippen molar-refractivity contribution in [1.82, 2.24) is 5.32 Å². The van der Waals surface area contributed by atoms with Crippen molar-refractivity contribution in [3.8, 4) is 11.5 Å². The highest BCUT2D eigenvalue weighted by atomic mass is 32.2. The SMILES string of the molecule is COc1ccc(C=NN=C2NC(=O)/C(=C/c3ccc(N(C)C)cc3)S2)c(OC)c1. The third-order valence-electron chi connectivity index (χ3n) is 4.14. The topological polar surface area (TPSA) is 75.5 Å². The predicted molar refractivity (Wildman–Crippen MR) is 119 cm³/mol. The molecule has 2 aromatic rings. The molecule has 1 aliphatic rings. The molecule has 0 radical (unpaired) electrons. The fourth-order valence-corrected chi connectivity index (χ4v) is 3.34. The van der Waals surface area contributed by atoms with Gasteiger partial charge in [0.2, 0.25) is 0 Å². The first-order valence-electron chi connectivity index (χ1n) is 8.81. The minimum absolute atomic E-state index is 0.192. The molecule has 0 aliphatic carbocycles. The van der Waals surface area contributed by atoms with Crippen LogP contribution in [0.25, 0.3) is 6.08 Å². The number of anilines is 1. The standard InChI is InChI=1S/C21H22N4O3S/c1-25(2)16-8-5-14(6-9-16)11-19-20(26)23-21(29-19)24-22-13-15-7-10-17(27-3)12-18(15)28-4/h5-13H,1-4H3,(H,23,24,26)/b19-11-,22-13?. The Kier molecular flexibility index (Phi) is 6.56. The maximum Gasteiger partial charge on any atom is 0.264 e. The highest BCUT2D eigenvalue weighted by Gasteiger charge is 2.23. The molecule has 0 bridgehead atoms. The molecule has 3 rings (SSSR count). The van der Waals surface area contributed by atoms with E-state index >= 15 is 0 Å². The van der Waals surface area contributed by atoms with Crippen LogP contribution in [0.5, 0.6) is 11.5 Å².